The van der Waals surface area contributed by atoms with E-state index in [9.17, 15) is 19.8 Å². The van der Waals surface area contributed by atoms with Crippen molar-refractivity contribution in [1.29, 1.82) is 0 Å². The number of hydrogen-bond acceptors (Lipinski definition) is 8. The standard InChI is InChI=1S/C30H54O8/c1-3-4-5-6-7-8-10-13-16-19-24-20-17-14-11-9-12-15-18-21-26(32)35-22-25-27(33)28(34)29(36-23(2)31)30(37-24)38-25/h24-25,27-30,33-34H,3-22H2,1-2H3/t24?,25-,27-,28+,29-,30-/m1/s1. The van der Waals surface area contributed by atoms with Crippen LogP contribution in [0.25, 0.3) is 0 Å². The van der Waals surface area contributed by atoms with E-state index >= 15 is 0 Å². The molecule has 8 nitrogen and oxygen atoms in total. The molecule has 222 valence electrons. The van der Waals surface area contributed by atoms with Crippen molar-refractivity contribution in [3.8, 4) is 0 Å². The second-order valence-corrected chi connectivity index (χ2v) is 11.2. The van der Waals surface area contributed by atoms with Gasteiger partial charge in [-0.15, -0.1) is 0 Å². The van der Waals surface area contributed by atoms with Gasteiger partial charge in [0.25, 0.3) is 0 Å². The van der Waals surface area contributed by atoms with E-state index < -0.39 is 36.7 Å². The number of esters is 2. The highest BCUT2D eigenvalue weighted by atomic mass is 16.7. The Morgan fingerprint density at radius 2 is 1.45 bits per heavy atom. The normalized spacial score (nSPS) is 30.3. The molecule has 2 aliphatic heterocycles. The molecule has 6 atom stereocenters. The molecule has 2 N–H and O–H groups in total. The lowest BCUT2D eigenvalue weighted by Gasteiger charge is -2.42. The Kier molecular flexibility index (Phi) is 17.2. The second-order valence-electron chi connectivity index (χ2n) is 11.2. The summed E-state index contributed by atoms with van der Waals surface area (Å²) < 4.78 is 23.1. The maximum atomic E-state index is 12.2. The van der Waals surface area contributed by atoms with Gasteiger partial charge in [0, 0.05) is 13.3 Å². The summed E-state index contributed by atoms with van der Waals surface area (Å²) in [6, 6.07) is 0. The number of carbonyl (C=O) groups excluding carboxylic acids is 2. The molecule has 8 heteroatoms. The van der Waals surface area contributed by atoms with Crippen LogP contribution in [0.15, 0.2) is 0 Å². The van der Waals surface area contributed by atoms with E-state index in [1.165, 1.54) is 51.9 Å². The van der Waals surface area contributed by atoms with E-state index in [4.69, 9.17) is 18.9 Å². The van der Waals surface area contributed by atoms with E-state index in [0.717, 1.165) is 70.6 Å². The molecule has 0 aromatic heterocycles. The van der Waals surface area contributed by atoms with Crippen LogP contribution in [0, 0.1) is 0 Å². The Balaban J connectivity index is 2.00. The van der Waals surface area contributed by atoms with Crippen LogP contribution in [0.1, 0.15) is 136 Å². The Morgan fingerprint density at radius 1 is 0.842 bits per heavy atom. The summed E-state index contributed by atoms with van der Waals surface area (Å²) in [4.78, 5) is 24.0. The molecule has 0 amide bonds. The zero-order valence-electron chi connectivity index (χ0n) is 24.0. The number of hydrogen-bond donors (Lipinski definition) is 2. The van der Waals surface area contributed by atoms with Crippen molar-refractivity contribution in [3.63, 3.8) is 0 Å². The van der Waals surface area contributed by atoms with Gasteiger partial charge in [0.05, 0.1) is 6.10 Å². The van der Waals surface area contributed by atoms with Gasteiger partial charge in [0.1, 0.15) is 24.9 Å². The van der Waals surface area contributed by atoms with Gasteiger partial charge in [-0.3, -0.25) is 9.59 Å². The highest BCUT2D eigenvalue weighted by Gasteiger charge is 2.48. The van der Waals surface area contributed by atoms with Crippen molar-refractivity contribution < 1.29 is 38.7 Å². The van der Waals surface area contributed by atoms with E-state index in [1.54, 1.807) is 0 Å². The van der Waals surface area contributed by atoms with Gasteiger partial charge < -0.3 is 29.2 Å². The lowest BCUT2D eigenvalue weighted by molar-refractivity contribution is -0.315. The maximum absolute atomic E-state index is 12.2. The SMILES string of the molecule is CCCCCCCCCCCC1CCCCCCCCCC(=O)OC[C@H]2O[C@@H](O1)[C@H](OC(C)=O)[C@@H](O)[C@@H]2O. The predicted octanol–water partition coefficient (Wildman–Crippen LogP) is 5.74. The minimum absolute atomic E-state index is 0.107. The van der Waals surface area contributed by atoms with E-state index in [0.29, 0.717) is 6.42 Å². The first kappa shape index (κ1) is 33.0. The van der Waals surface area contributed by atoms with E-state index in [-0.39, 0.29) is 18.7 Å². The lowest BCUT2D eigenvalue weighted by Crippen LogP contribution is -2.61. The molecule has 2 aliphatic rings. The van der Waals surface area contributed by atoms with Gasteiger partial charge in [-0.2, -0.15) is 0 Å². The molecule has 2 fully saturated rings. The molecule has 2 rings (SSSR count). The number of fused-ring (bicyclic) bond motifs is 2. The number of aliphatic hydroxyl groups is 2. The zero-order valence-corrected chi connectivity index (χ0v) is 24.0. The lowest BCUT2D eigenvalue weighted by atomic mass is 9.98. The molecular formula is C30H54O8. The van der Waals surface area contributed by atoms with Crippen molar-refractivity contribution in [2.45, 2.75) is 173 Å². The van der Waals surface area contributed by atoms with Crippen molar-refractivity contribution in [1.82, 2.24) is 0 Å². The van der Waals surface area contributed by atoms with Crippen LogP contribution in [0.3, 0.4) is 0 Å². The second kappa shape index (κ2) is 19.8. The summed E-state index contributed by atoms with van der Waals surface area (Å²) in [7, 11) is 0. The third-order valence-corrected chi connectivity index (χ3v) is 7.72. The fourth-order valence-electron chi connectivity index (χ4n) is 5.39. The number of cyclic esters (lactones) is 1. The van der Waals surface area contributed by atoms with Crippen molar-refractivity contribution >= 4 is 11.9 Å². The Bertz CT molecular complexity index is 642. The third-order valence-electron chi connectivity index (χ3n) is 7.72. The molecule has 2 heterocycles. The fourth-order valence-corrected chi connectivity index (χ4v) is 5.39. The quantitative estimate of drug-likeness (QED) is 0.251. The summed E-state index contributed by atoms with van der Waals surface area (Å²) in [5, 5.41) is 21.4. The third kappa shape index (κ3) is 13.2. The van der Waals surface area contributed by atoms with Crippen LogP contribution in [0.5, 0.6) is 0 Å². The number of aliphatic hydroxyl groups excluding tert-OH is 2. The predicted molar refractivity (Wildman–Crippen MR) is 145 cm³/mol. The van der Waals surface area contributed by atoms with Crippen LogP contribution in [0.4, 0.5) is 0 Å². The molecular weight excluding hydrogens is 488 g/mol. The van der Waals surface area contributed by atoms with E-state index in [1.807, 2.05) is 0 Å². The summed E-state index contributed by atoms with van der Waals surface area (Å²) in [5.41, 5.74) is 0. The largest absolute Gasteiger partial charge is 0.463 e. The van der Waals surface area contributed by atoms with Crippen LogP contribution >= 0.6 is 0 Å². The maximum Gasteiger partial charge on any atom is 0.305 e. The van der Waals surface area contributed by atoms with Gasteiger partial charge in [0.15, 0.2) is 12.4 Å². The van der Waals surface area contributed by atoms with Gasteiger partial charge in [-0.05, 0) is 19.3 Å². The van der Waals surface area contributed by atoms with Crippen LogP contribution in [-0.4, -0.2) is 65.6 Å². The highest BCUT2D eigenvalue weighted by Crippen LogP contribution is 2.28. The monoisotopic (exact) mass is 542 g/mol. The first-order valence-electron chi connectivity index (χ1n) is 15.4. The van der Waals surface area contributed by atoms with Gasteiger partial charge in [-0.25, -0.2) is 0 Å². The van der Waals surface area contributed by atoms with Crippen LogP contribution in [0.2, 0.25) is 0 Å². The molecule has 0 aromatic rings. The van der Waals surface area contributed by atoms with Crippen molar-refractivity contribution in [2.75, 3.05) is 6.61 Å². The molecule has 1 unspecified atom stereocenters. The van der Waals surface area contributed by atoms with Crippen LogP contribution in [-0.2, 0) is 28.5 Å². The molecule has 38 heavy (non-hydrogen) atoms. The van der Waals surface area contributed by atoms with Crippen LogP contribution < -0.4 is 0 Å². The average Bonchev–Trinajstić information content (AvgIpc) is 2.89. The van der Waals surface area contributed by atoms with E-state index in [2.05, 4.69) is 6.92 Å². The minimum Gasteiger partial charge on any atom is -0.463 e. The number of ether oxygens (including phenoxy) is 4. The summed E-state index contributed by atoms with van der Waals surface area (Å²) in [6.07, 6.45) is 14.5. The highest BCUT2D eigenvalue weighted by molar-refractivity contribution is 5.69. The Labute approximate surface area is 230 Å². The summed E-state index contributed by atoms with van der Waals surface area (Å²) in [6.45, 7) is 3.31. The Hall–Kier alpha value is -1.22. The molecule has 0 saturated carbocycles. The zero-order chi connectivity index (χ0) is 27.6. The first-order valence-corrected chi connectivity index (χ1v) is 15.4. The number of rotatable bonds is 11. The summed E-state index contributed by atoms with van der Waals surface area (Å²) >= 11 is 0. The molecule has 2 bridgehead atoms. The molecule has 0 aromatic carbocycles. The van der Waals surface area contributed by atoms with Gasteiger partial charge in [0.2, 0.25) is 0 Å². The molecule has 0 radical (unpaired) electrons. The minimum atomic E-state index is -1.41. The number of unbranched alkanes of at least 4 members (excludes halogenated alkanes) is 8. The molecule has 0 spiro atoms. The Morgan fingerprint density at radius 3 is 2.11 bits per heavy atom. The van der Waals surface area contributed by atoms with Gasteiger partial charge in [-0.1, -0.05) is 103 Å². The summed E-state index contributed by atoms with van der Waals surface area (Å²) in [5.74, 6) is -0.931. The van der Waals surface area contributed by atoms with Crippen molar-refractivity contribution in [2.24, 2.45) is 0 Å². The topological polar surface area (TPSA) is 112 Å². The molecule has 0 aliphatic carbocycles. The number of carbonyl (C=O) groups is 2. The fraction of sp³-hybridized carbons (Fsp3) is 0.933. The van der Waals surface area contributed by atoms with Crippen molar-refractivity contribution in [3.05, 3.63) is 0 Å². The first-order chi connectivity index (χ1) is 18.4. The molecule has 2 saturated heterocycles. The smallest absolute Gasteiger partial charge is 0.305 e. The van der Waals surface area contributed by atoms with Gasteiger partial charge >= 0.3 is 11.9 Å². The average molecular weight is 543 g/mol.